The highest BCUT2D eigenvalue weighted by Crippen LogP contribution is 2.26. The number of aliphatic hydroxyl groups is 1. The molecule has 1 aromatic heterocycles. The number of carbonyl (C=O) groups excluding carboxylic acids is 1. The highest BCUT2D eigenvalue weighted by molar-refractivity contribution is 7.98. The molecule has 1 aromatic carbocycles. The molecule has 0 fully saturated rings. The topological polar surface area (TPSA) is 53.7 Å². The van der Waals surface area contributed by atoms with Gasteiger partial charge in [-0.1, -0.05) is 42.1 Å². The molecule has 21 heavy (non-hydrogen) atoms. The fourth-order valence-electron chi connectivity index (χ4n) is 2.24. The molecule has 5 heteroatoms. The average molecular weight is 305 g/mol. The van der Waals surface area contributed by atoms with Crippen LogP contribution < -0.4 is 0 Å². The molecule has 0 bridgehead atoms. The van der Waals surface area contributed by atoms with Gasteiger partial charge in [0.25, 0.3) is 5.91 Å². The first-order chi connectivity index (χ1) is 10.2. The van der Waals surface area contributed by atoms with E-state index in [1.54, 1.807) is 24.1 Å². The van der Waals surface area contributed by atoms with Crippen molar-refractivity contribution in [1.82, 2.24) is 4.90 Å². The number of thioether (sulfide) groups is 1. The summed E-state index contributed by atoms with van der Waals surface area (Å²) in [7, 11) is 1.73. The van der Waals surface area contributed by atoms with Crippen LogP contribution in [-0.2, 0) is 0 Å². The molecule has 0 spiro atoms. The lowest BCUT2D eigenvalue weighted by molar-refractivity contribution is 0.0667. The molecule has 2 aromatic rings. The highest BCUT2D eigenvalue weighted by atomic mass is 32.2. The highest BCUT2D eigenvalue weighted by Gasteiger charge is 2.24. The zero-order valence-corrected chi connectivity index (χ0v) is 13.0. The zero-order chi connectivity index (χ0) is 15.2. The smallest absolute Gasteiger partial charge is 0.289 e. The van der Waals surface area contributed by atoms with Gasteiger partial charge in [0, 0.05) is 13.7 Å². The van der Waals surface area contributed by atoms with Gasteiger partial charge in [-0.3, -0.25) is 4.79 Å². The van der Waals surface area contributed by atoms with E-state index in [1.807, 2.05) is 36.6 Å². The molecule has 1 amide bonds. The molecule has 1 N–H and O–H groups in total. The SMILES string of the molecule is CSc1ccc(C(=O)N(C)C(CCO)c2ccccc2)o1. The Bertz CT molecular complexity index is 582. The second-order valence-corrected chi connectivity index (χ2v) is 5.49. The Balaban J connectivity index is 2.21. The molecule has 0 aliphatic carbocycles. The van der Waals surface area contributed by atoms with E-state index in [2.05, 4.69) is 0 Å². The zero-order valence-electron chi connectivity index (χ0n) is 12.2. The molecule has 0 aliphatic heterocycles. The standard InChI is InChI=1S/C16H19NO3S/c1-17(16(19)14-8-9-15(20-14)21-2)13(10-11-18)12-6-4-3-5-7-12/h3-9,13,18H,10-11H2,1-2H3. The lowest BCUT2D eigenvalue weighted by Gasteiger charge is -2.27. The van der Waals surface area contributed by atoms with E-state index in [0.29, 0.717) is 17.3 Å². The van der Waals surface area contributed by atoms with Gasteiger partial charge in [0.15, 0.2) is 10.9 Å². The molecule has 0 saturated carbocycles. The van der Waals surface area contributed by atoms with Crippen molar-refractivity contribution in [3.8, 4) is 0 Å². The summed E-state index contributed by atoms with van der Waals surface area (Å²) in [5.41, 5.74) is 0.999. The Morgan fingerprint density at radius 1 is 1.29 bits per heavy atom. The maximum absolute atomic E-state index is 12.5. The largest absolute Gasteiger partial charge is 0.445 e. The van der Waals surface area contributed by atoms with Crippen LogP contribution in [0.5, 0.6) is 0 Å². The van der Waals surface area contributed by atoms with Crippen LogP contribution in [0.2, 0.25) is 0 Å². The molecular weight excluding hydrogens is 286 g/mol. The van der Waals surface area contributed by atoms with Gasteiger partial charge < -0.3 is 14.4 Å². The summed E-state index contributed by atoms with van der Waals surface area (Å²) in [6.07, 6.45) is 2.39. The van der Waals surface area contributed by atoms with Crippen molar-refractivity contribution < 1.29 is 14.3 Å². The maximum Gasteiger partial charge on any atom is 0.289 e. The van der Waals surface area contributed by atoms with Gasteiger partial charge in [-0.25, -0.2) is 0 Å². The van der Waals surface area contributed by atoms with Crippen LogP contribution in [0.25, 0.3) is 0 Å². The number of furan rings is 1. The van der Waals surface area contributed by atoms with Crippen molar-refractivity contribution in [3.63, 3.8) is 0 Å². The summed E-state index contributed by atoms with van der Waals surface area (Å²) in [4.78, 5) is 14.1. The number of amides is 1. The predicted octanol–water partition coefficient (Wildman–Crippen LogP) is 3.20. The molecule has 112 valence electrons. The van der Waals surface area contributed by atoms with Crippen LogP contribution >= 0.6 is 11.8 Å². The molecule has 1 unspecified atom stereocenters. The first-order valence-electron chi connectivity index (χ1n) is 6.74. The summed E-state index contributed by atoms with van der Waals surface area (Å²) in [6.45, 7) is 0.0192. The normalized spacial score (nSPS) is 12.1. The van der Waals surface area contributed by atoms with Crippen molar-refractivity contribution in [1.29, 1.82) is 0 Å². The van der Waals surface area contributed by atoms with E-state index in [9.17, 15) is 9.90 Å². The number of benzene rings is 1. The molecule has 0 radical (unpaired) electrons. The Morgan fingerprint density at radius 3 is 2.57 bits per heavy atom. The fraction of sp³-hybridized carbons (Fsp3) is 0.312. The van der Waals surface area contributed by atoms with Gasteiger partial charge in [0.05, 0.1) is 6.04 Å². The van der Waals surface area contributed by atoms with Gasteiger partial charge in [-0.05, 0) is 30.4 Å². The van der Waals surface area contributed by atoms with Crippen LogP contribution in [0.1, 0.15) is 28.6 Å². The minimum absolute atomic E-state index is 0.0192. The summed E-state index contributed by atoms with van der Waals surface area (Å²) in [5.74, 6) is 0.137. The van der Waals surface area contributed by atoms with E-state index in [0.717, 1.165) is 5.56 Å². The van der Waals surface area contributed by atoms with E-state index < -0.39 is 0 Å². The molecule has 0 saturated heterocycles. The van der Waals surface area contributed by atoms with Gasteiger partial charge in [0.1, 0.15) is 0 Å². The minimum Gasteiger partial charge on any atom is -0.445 e. The summed E-state index contributed by atoms with van der Waals surface area (Å²) in [6, 6.07) is 13.0. The number of aliphatic hydroxyl groups excluding tert-OH is 1. The van der Waals surface area contributed by atoms with Crippen LogP contribution in [-0.4, -0.2) is 35.8 Å². The van der Waals surface area contributed by atoms with Crippen molar-refractivity contribution >= 4 is 17.7 Å². The first-order valence-corrected chi connectivity index (χ1v) is 7.96. The number of nitrogens with zero attached hydrogens (tertiary/aromatic N) is 1. The monoisotopic (exact) mass is 305 g/mol. The van der Waals surface area contributed by atoms with Crippen molar-refractivity contribution in [2.24, 2.45) is 0 Å². The molecule has 1 atom stereocenters. The number of hydrogen-bond donors (Lipinski definition) is 1. The van der Waals surface area contributed by atoms with Gasteiger partial charge in [-0.2, -0.15) is 0 Å². The van der Waals surface area contributed by atoms with Gasteiger partial charge >= 0.3 is 0 Å². The summed E-state index contributed by atoms with van der Waals surface area (Å²) >= 11 is 1.46. The van der Waals surface area contributed by atoms with Crippen LogP contribution in [0, 0.1) is 0 Å². The fourth-order valence-corrected chi connectivity index (χ4v) is 2.62. The van der Waals surface area contributed by atoms with Crippen molar-refractivity contribution in [3.05, 3.63) is 53.8 Å². The lowest BCUT2D eigenvalue weighted by Crippen LogP contribution is -2.31. The molecule has 1 heterocycles. The van der Waals surface area contributed by atoms with E-state index in [1.165, 1.54) is 11.8 Å². The quantitative estimate of drug-likeness (QED) is 0.833. The third-order valence-electron chi connectivity index (χ3n) is 3.37. The van der Waals surface area contributed by atoms with E-state index in [-0.39, 0.29) is 18.6 Å². The number of carbonyl (C=O) groups is 1. The number of hydrogen-bond acceptors (Lipinski definition) is 4. The summed E-state index contributed by atoms with van der Waals surface area (Å²) < 4.78 is 5.49. The predicted molar refractivity (Wildman–Crippen MR) is 83.5 cm³/mol. The average Bonchev–Trinajstić information content (AvgIpc) is 3.01. The van der Waals surface area contributed by atoms with E-state index in [4.69, 9.17) is 4.42 Å². The Morgan fingerprint density at radius 2 is 2.00 bits per heavy atom. The van der Waals surface area contributed by atoms with Gasteiger partial charge in [-0.15, -0.1) is 0 Å². The van der Waals surface area contributed by atoms with Gasteiger partial charge in [0.2, 0.25) is 0 Å². The molecular formula is C16H19NO3S. The second kappa shape index (κ2) is 7.33. The molecule has 2 rings (SSSR count). The third-order valence-corrected chi connectivity index (χ3v) is 3.99. The van der Waals surface area contributed by atoms with Crippen molar-refractivity contribution in [2.45, 2.75) is 17.6 Å². The Hall–Kier alpha value is -1.72. The van der Waals surface area contributed by atoms with Crippen LogP contribution in [0.15, 0.2) is 52.0 Å². The third kappa shape index (κ3) is 3.68. The Labute approximate surface area is 128 Å². The molecule has 0 aliphatic rings. The molecule has 4 nitrogen and oxygen atoms in total. The van der Waals surface area contributed by atoms with Crippen molar-refractivity contribution in [2.75, 3.05) is 19.9 Å². The second-order valence-electron chi connectivity index (χ2n) is 4.68. The minimum atomic E-state index is -0.183. The van der Waals surface area contributed by atoms with Crippen LogP contribution in [0.4, 0.5) is 0 Å². The van der Waals surface area contributed by atoms with E-state index >= 15 is 0 Å². The Kier molecular flexibility index (Phi) is 5.47. The first kappa shape index (κ1) is 15.7. The van der Waals surface area contributed by atoms with Crippen LogP contribution in [0.3, 0.4) is 0 Å². The number of rotatable bonds is 6. The maximum atomic E-state index is 12.5. The summed E-state index contributed by atoms with van der Waals surface area (Å²) in [5, 5.41) is 9.99. The lowest BCUT2D eigenvalue weighted by atomic mass is 10.0.